The van der Waals surface area contributed by atoms with Crippen molar-refractivity contribution in [3.63, 3.8) is 0 Å². The van der Waals surface area contributed by atoms with E-state index in [2.05, 4.69) is 9.88 Å². The zero-order valence-electron chi connectivity index (χ0n) is 15.4. The van der Waals surface area contributed by atoms with Crippen LogP contribution in [0.15, 0.2) is 66.4 Å². The Hall–Kier alpha value is -3.31. The van der Waals surface area contributed by atoms with Crippen molar-refractivity contribution in [1.29, 1.82) is 0 Å². The molecule has 1 saturated heterocycles. The first-order valence-corrected chi connectivity index (χ1v) is 9.20. The molecule has 0 radical (unpaired) electrons. The van der Waals surface area contributed by atoms with Gasteiger partial charge in [0.05, 0.1) is 5.69 Å². The van der Waals surface area contributed by atoms with Crippen LogP contribution in [0.25, 0.3) is 11.8 Å². The quantitative estimate of drug-likeness (QED) is 0.512. The topological polar surface area (TPSA) is 54.3 Å². The molecule has 1 fully saturated rings. The van der Waals surface area contributed by atoms with Crippen LogP contribution >= 0.6 is 11.6 Å². The molecule has 0 atom stereocenters. The number of aromatic nitrogens is 1. The number of anilines is 1. The van der Waals surface area contributed by atoms with Gasteiger partial charge in [-0.2, -0.15) is 0 Å². The predicted octanol–water partition coefficient (Wildman–Crippen LogP) is 4.84. The number of carbonyl (C=O) groups excluding carboxylic acids is 2. The van der Waals surface area contributed by atoms with Gasteiger partial charge in [-0.05, 0) is 61.9 Å². The number of aryl methyl sites for hydroxylation is 1. The molecular formula is C22H18ClN3O2. The molecule has 1 aliphatic rings. The molecule has 0 spiro atoms. The third-order valence-electron chi connectivity index (χ3n) is 4.73. The fourth-order valence-electron chi connectivity index (χ4n) is 3.45. The van der Waals surface area contributed by atoms with Gasteiger partial charge in [0.15, 0.2) is 0 Å². The molecule has 2 heterocycles. The molecule has 2 aromatic carbocycles. The summed E-state index contributed by atoms with van der Waals surface area (Å²) >= 11 is 6.00. The summed E-state index contributed by atoms with van der Waals surface area (Å²) in [6.07, 6.45) is 1.71. The highest BCUT2D eigenvalue weighted by Crippen LogP contribution is 2.27. The lowest BCUT2D eigenvalue weighted by molar-refractivity contribution is -0.113. The number of amides is 3. The summed E-state index contributed by atoms with van der Waals surface area (Å²) in [5, 5.41) is 3.12. The summed E-state index contributed by atoms with van der Waals surface area (Å²) in [6.45, 7) is 4.00. The highest BCUT2D eigenvalue weighted by Gasteiger charge is 2.35. The summed E-state index contributed by atoms with van der Waals surface area (Å²) in [5.41, 5.74) is 4.62. The summed E-state index contributed by atoms with van der Waals surface area (Å²) < 4.78 is 2.11. The van der Waals surface area contributed by atoms with Crippen LogP contribution in [0.3, 0.4) is 0 Å². The maximum atomic E-state index is 12.8. The van der Waals surface area contributed by atoms with Crippen LogP contribution in [-0.2, 0) is 4.79 Å². The van der Waals surface area contributed by atoms with Gasteiger partial charge in [0.1, 0.15) is 5.70 Å². The number of para-hydroxylation sites is 1. The highest BCUT2D eigenvalue weighted by molar-refractivity contribution is 6.32. The lowest BCUT2D eigenvalue weighted by Gasteiger charge is -2.11. The zero-order chi connectivity index (χ0) is 19.8. The van der Waals surface area contributed by atoms with Crippen LogP contribution in [0.5, 0.6) is 0 Å². The number of benzene rings is 2. The zero-order valence-corrected chi connectivity index (χ0v) is 16.2. The van der Waals surface area contributed by atoms with Crippen LogP contribution in [-0.4, -0.2) is 16.5 Å². The van der Waals surface area contributed by atoms with Crippen molar-refractivity contribution < 1.29 is 9.59 Å². The molecule has 1 aromatic heterocycles. The van der Waals surface area contributed by atoms with Gasteiger partial charge in [0.2, 0.25) is 0 Å². The highest BCUT2D eigenvalue weighted by atomic mass is 35.5. The van der Waals surface area contributed by atoms with Crippen molar-refractivity contribution in [2.75, 3.05) is 4.90 Å². The minimum Gasteiger partial charge on any atom is -0.318 e. The van der Waals surface area contributed by atoms with Crippen molar-refractivity contribution in [3.8, 4) is 5.69 Å². The molecule has 6 heteroatoms. The number of halogens is 1. The Labute approximate surface area is 167 Å². The molecule has 140 valence electrons. The third kappa shape index (κ3) is 3.10. The summed E-state index contributed by atoms with van der Waals surface area (Å²) in [5.74, 6) is -0.406. The molecular weight excluding hydrogens is 374 g/mol. The number of nitrogens with zero attached hydrogens (tertiary/aromatic N) is 2. The Balaban J connectivity index is 1.71. The standard InChI is InChI=1S/C22H18ClN3O2/c1-14-11-16(15(2)25(14)18-8-4-3-5-9-18)12-20-21(27)26(22(28)24-20)19-10-6-7-17(23)13-19/h3-13H,1-2H3,(H,24,28). The summed E-state index contributed by atoms with van der Waals surface area (Å²) in [4.78, 5) is 26.3. The first-order chi connectivity index (χ1) is 13.5. The molecule has 0 saturated carbocycles. The Morgan fingerprint density at radius 1 is 0.929 bits per heavy atom. The van der Waals surface area contributed by atoms with Crippen molar-refractivity contribution >= 4 is 35.3 Å². The molecule has 5 nitrogen and oxygen atoms in total. The predicted molar refractivity (Wildman–Crippen MR) is 111 cm³/mol. The molecule has 28 heavy (non-hydrogen) atoms. The Morgan fingerprint density at radius 3 is 2.36 bits per heavy atom. The van der Waals surface area contributed by atoms with Gasteiger partial charge in [0.25, 0.3) is 5.91 Å². The normalized spacial score (nSPS) is 15.4. The van der Waals surface area contributed by atoms with E-state index in [9.17, 15) is 9.59 Å². The monoisotopic (exact) mass is 391 g/mol. The molecule has 1 N–H and O–H groups in total. The maximum absolute atomic E-state index is 12.8. The lowest BCUT2D eigenvalue weighted by atomic mass is 10.2. The van der Waals surface area contributed by atoms with E-state index in [0.717, 1.165) is 27.5 Å². The second kappa shape index (κ2) is 7.02. The third-order valence-corrected chi connectivity index (χ3v) is 4.96. The SMILES string of the molecule is Cc1cc(C=C2NC(=O)N(c3cccc(Cl)c3)C2=O)c(C)n1-c1ccccc1. The van der Waals surface area contributed by atoms with Crippen LogP contribution in [0, 0.1) is 13.8 Å². The van der Waals surface area contributed by atoms with Crippen LogP contribution in [0.1, 0.15) is 17.0 Å². The molecule has 3 aromatic rings. The van der Waals surface area contributed by atoms with E-state index in [1.807, 2.05) is 50.2 Å². The lowest BCUT2D eigenvalue weighted by Crippen LogP contribution is -2.30. The van der Waals surface area contributed by atoms with E-state index in [0.29, 0.717) is 10.7 Å². The smallest absolute Gasteiger partial charge is 0.318 e. The Kier molecular flexibility index (Phi) is 4.53. The molecule has 1 aliphatic heterocycles. The number of hydrogen-bond donors (Lipinski definition) is 1. The minimum absolute atomic E-state index is 0.235. The van der Waals surface area contributed by atoms with Gasteiger partial charge in [0, 0.05) is 22.1 Å². The van der Waals surface area contributed by atoms with Gasteiger partial charge >= 0.3 is 6.03 Å². The van der Waals surface area contributed by atoms with E-state index in [1.54, 1.807) is 30.3 Å². The van der Waals surface area contributed by atoms with E-state index in [4.69, 9.17) is 11.6 Å². The Morgan fingerprint density at radius 2 is 1.64 bits per heavy atom. The first kappa shape index (κ1) is 18.1. The Bertz CT molecular complexity index is 1120. The first-order valence-electron chi connectivity index (χ1n) is 8.83. The largest absolute Gasteiger partial charge is 0.333 e. The average Bonchev–Trinajstić information content (AvgIpc) is 3.11. The van der Waals surface area contributed by atoms with E-state index < -0.39 is 11.9 Å². The minimum atomic E-state index is -0.490. The van der Waals surface area contributed by atoms with Crippen molar-refractivity contribution in [2.24, 2.45) is 0 Å². The molecule has 0 unspecified atom stereocenters. The fraction of sp³-hybridized carbons (Fsp3) is 0.0909. The molecule has 0 aliphatic carbocycles. The van der Waals surface area contributed by atoms with Crippen molar-refractivity contribution in [1.82, 2.24) is 9.88 Å². The molecule has 4 rings (SSSR count). The molecule has 0 bridgehead atoms. The van der Waals surface area contributed by atoms with E-state index >= 15 is 0 Å². The van der Waals surface area contributed by atoms with Crippen LogP contribution < -0.4 is 10.2 Å². The number of urea groups is 1. The maximum Gasteiger partial charge on any atom is 0.333 e. The summed E-state index contributed by atoms with van der Waals surface area (Å²) in [7, 11) is 0. The van der Waals surface area contributed by atoms with Crippen molar-refractivity contribution in [2.45, 2.75) is 13.8 Å². The van der Waals surface area contributed by atoms with Gasteiger partial charge in [-0.3, -0.25) is 4.79 Å². The van der Waals surface area contributed by atoms with Gasteiger partial charge in [-0.25, -0.2) is 9.69 Å². The number of hydrogen-bond acceptors (Lipinski definition) is 2. The molecule has 3 amide bonds. The number of carbonyl (C=O) groups is 2. The average molecular weight is 392 g/mol. The van der Waals surface area contributed by atoms with Crippen molar-refractivity contribution in [3.05, 3.63) is 88.3 Å². The van der Waals surface area contributed by atoms with Gasteiger partial charge < -0.3 is 9.88 Å². The second-order valence-electron chi connectivity index (χ2n) is 6.61. The van der Waals surface area contributed by atoms with E-state index in [1.165, 1.54) is 0 Å². The number of nitrogens with one attached hydrogen (secondary N) is 1. The number of rotatable bonds is 3. The van der Waals surface area contributed by atoms with Crippen LogP contribution in [0.4, 0.5) is 10.5 Å². The van der Waals surface area contributed by atoms with Gasteiger partial charge in [-0.1, -0.05) is 35.9 Å². The van der Waals surface area contributed by atoms with E-state index in [-0.39, 0.29) is 5.70 Å². The second-order valence-corrected chi connectivity index (χ2v) is 7.04. The van der Waals surface area contributed by atoms with Crippen LogP contribution in [0.2, 0.25) is 5.02 Å². The van der Waals surface area contributed by atoms with Gasteiger partial charge in [-0.15, -0.1) is 0 Å². The number of imide groups is 1. The fourth-order valence-corrected chi connectivity index (χ4v) is 3.63. The summed E-state index contributed by atoms with van der Waals surface area (Å²) in [6, 6.07) is 18.2.